The molecule has 0 amide bonds. The van der Waals surface area contributed by atoms with Crippen molar-refractivity contribution in [2.75, 3.05) is 7.11 Å². The van der Waals surface area contributed by atoms with Crippen LogP contribution in [0, 0.1) is 5.92 Å². The summed E-state index contributed by atoms with van der Waals surface area (Å²) in [5.41, 5.74) is 1.12. The summed E-state index contributed by atoms with van der Waals surface area (Å²) in [5, 5.41) is 12.8. The molecular weight excluding hydrogens is 396 g/mol. The van der Waals surface area contributed by atoms with Crippen molar-refractivity contribution >= 4 is 11.3 Å². The molecule has 5 heteroatoms. The van der Waals surface area contributed by atoms with Crippen molar-refractivity contribution in [3.05, 3.63) is 80.0 Å². The third-order valence-electron chi connectivity index (χ3n) is 5.99. The van der Waals surface area contributed by atoms with Gasteiger partial charge in [0.1, 0.15) is 17.3 Å². The summed E-state index contributed by atoms with van der Waals surface area (Å²) >= 11 is 1.60. The van der Waals surface area contributed by atoms with Gasteiger partial charge in [-0.05, 0) is 54.3 Å². The first-order valence-electron chi connectivity index (χ1n) is 10.6. The van der Waals surface area contributed by atoms with Crippen molar-refractivity contribution < 1.29 is 14.3 Å². The molecule has 2 heterocycles. The van der Waals surface area contributed by atoms with Crippen molar-refractivity contribution in [3.8, 4) is 11.5 Å². The van der Waals surface area contributed by atoms with Crippen LogP contribution < -0.4 is 10.4 Å². The average Bonchev–Trinajstić information content (AvgIpc) is 3.40. The van der Waals surface area contributed by atoms with E-state index in [-0.39, 0.29) is 17.6 Å². The first-order chi connectivity index (χ1) is 14.6. The SMILES string of the molecule is CCC(c1cccs1)c1c(O)cc(C(Cc2ccc(OC)cc2)CC2CC2)oc1=O. The van der Waals surface area contributed by atoms with Crippen LogP contribution in [0.4, 0.5) is 0 Å². The summed E-state index contributed by atoms with van der Waals surface area (Å²) in [5.74, 6) is 2.07. The molecule has 1 aliphatic carbocycles. The minimum absolute atomic E-state index is 0.0528. The Morgan fingerprint density at radius 1 is 1.23 bits per heavy atom. The highest BCUT2D eigenvalue weighted by atomic mass is 32.1. The molecule has 3 aromatic rings. The number of benzene rings is 1. The van der Waals surface area contributed by atoms with Gasteiger partial charge in [-0.25, -0.2) is 4.79 Å². The van der Waals surface area contributed by atoms with Gasteiger partial charge in [-0.15, -0.1) is 11.3 Å². The highest BCUT2D eigenvalue weighted by Gasteiger charge is 2.30. The van der Waals surface area contributed by atoms with Crippen LogP contribution in [0.15, 0.2) is 57.1 Å². The van der Waals surface area contributed by atoms with E-state index in [0.717, 1.165) is 35.5 Å². The Kier molecular flexibility index (Phi) is 6.28. The van der Waals surface area contributed by atoms with E-state index in [4.69, 9.17) is 9.15 Å². The number of hydrogen-bond donors (Lipinski definition) is 1. The normalized spacial score (nSPS) is 15.7. The Labute approximate surface area is 181 Å². The molecule has 1 fully saturated rings. The van der Waals surface area contributed by atoms with Crippen LogP contribution in [-0.2, 0) is 6.42 Å². The number of hydrogen-bond acceptors (Lipinski definition) is 5. The predicted octanol–water partition coefficient (Wildman–Crippen LogP) is 6.08. The lowest BCUT2D eigenvalue weighted by Gasteiger charge is -2.19. The third kappa shape index (κ3) is 4.62. The maximum absolute atomic E-state index is 13.0. The maximum atomic E-state index is 13.0. The lowest BCUT2D eigenvalue weighted by Crippen LogP contribution is -2.16. The molecule has 0 radical (unpaired) electrons. The molecule has 4 nitrogen and oxygen atoms in total. The first-order valence-corrected chi connectivity index (χ1v) is 11.5. The van der Waals surface area contributed by atoms with Gasteiger partial charge in [-0.3, -0.25) is 0 Å². The quantitative estimate of drug-likeness (QED) is 0.452. The monoisotopic (exact) mass is 424 g/mol. The van der Waals surface area contributed by atoms with Gasteiger partial charge in [-0.2, -0.15) is 0 Å². The number of methoxy groups -OCH3 is 1. The average molecular weight is 425 g/mol. The van der Waals surface area contributed by atoms with Gasteiger partial charge in [0.15, 0.2) is 0 Å². The Morgan fingerprint density at radius 2 is 2.00 bits per heavy atom. The summed E-state index contributed by atoms with van der Waals surface area (Å²) in [6, 6.07) is 13.7. The fraction of sp³-hybridized carbons (Fsp3) is 0.400. The van der Waals surface area contributed by atoms with Gasteiger partial charge >= 0.3 is 5.63 Å². The van der Waals surface area contributed by atoms with E-state index in [0.29, 0.717) is 17.2 Å². The van der Waals surface area contributed by atoms with Gasteiger partial charge < -0.3 is 14.3 Å². The fourth-order valence-corrected chi connectivity index (χ4v) is 5.09. The molecule has 2 aromatic heterocycles. The van der Waals surface area contributed by atoms with E-state index in [2.05, 4.69) is 12.1 Å². The van der Waals surface area contributed by atoms with E-state index < -0.39 is 5.63 Å². The lowest BCUT2D eigenvalue weighted by molar-refractivity contribution is 0.372. The molecule has 2 atom stereocenters. The van der Waals surface area contributed by atoms with E-state index in [9.17, 15) is 9.90 Å². The van der Waals surface area contributed by atoms with Crippen molar-refractivity contribution in [1.29, 1.82) is 0 Å². The molecule has 1 aromatic carbocycles. The van der Waals surface area contributed by atoms with Crippen molar-refractivity contribution in [2.45, 2.75) is 50.9 Å². The van der Waals surface area contributed by atoms with Gasteiger partial charge in [0.25, 0.3) is 0 Å². The second-order valence-corrected chi connectivity index (χ2v) is 9.12. The first kappa shape index (κ1) is 20.7. The Bertz CT molecular complexity index is 1020. The molecule has 0 spiro atoms. The minimum atomic E-state index is -0.416. The van der Waals surface area contributed by atoms with Crippen LogP contribution in [0.25, 0.3) is 0 Å². The molecule has 0 bridgehead atoms. The Balaban J connectivity index is 1.64. The summed E-state index contributed by atoms with van der Waals surface area (Å²) in [6.07, 6.45) is 4.92. The topological polar surface area (TPSA) is 59.7 Å². The predicted molar refractivity (Wildman–Crippen MR) is 120 cm³/mol. The van der Waals surface area contributed by atoms with Crippen molar-refractivity contribution in [1.82, 2.24) is 0 Å². The largest absolute Gasteiger partial charge is 0.507 e. The standard InChI is InChI=1S/C25H28O4S/c1-3-20(23-5-4-12-30-23)24-21(26)15-22(29-25(24)27)18(13-16-6-7-16)14-17-8-10-19(28-2)11-9-17/h4-5,8-12,15-16,18,20,26H,3,6-7,13-14H2,1-2H3. The second-order valence-electron chi connectivity index (χ2n) is 8.14. The van der Waals surface area contributed by atoms with E-state index in [1.54, 1.807) is 24.5 Å². The Morgan fingerprint density at radius 3 is 2.57 bits per heavy atom. The third-order valence-corrected chi connectivity index (χ3v) is 6.97. The molecule has 158 valence electrons. The van der Waals surface area contributed by atoms with Crippen LogP contribution >= 0.6 is 11.3 Å². The summed E-state index contributed by atoms with van der Waals surface area (Å²) in [4.78, 5) is 14.0. The van der Waals surface area contributed by atoms with Gasteiger partial charge in [0, 0.05) is 22.8 Å². The van der Waals surface area contributed by atoms with Crippen molar-refractivity contribution in [3.63, 3.8) is 0 Å². The van der Waals surface area contributed by atoms with Crippen LogP contribution in [0.5, 0.6) is 11.5 Å². The smallest absolute Gasteiger partial charge is 0.343 e. The number of rotatable bonds is 9. The van der Waals surface area contributed by atoms with E-state index >= 15 is 0 Å². The summed E-state index contributed by atoms with van der Waals surface area (Å²) in [6.45, 7) is 2.02. The summed E-state index contributed by atoms with van der Waals surface area (Å²) < 4.78 is 11.1. The molecule has 1 N–H and O–H groups in total. The second kappa shape index (κ2) is 9.09. The number of thiophene rings is 1. The van der Waals surface area contributed by atoms with Crippen LogP contribution in [0.1, 0.15) is 66.2 Å². The molecule has 1 saturated carbocycles. The van der Waals surface area contributed by atoms with E-state index in [1.165, 1.54) is 12.8 Å². The van der Waals surface area contributed by atoms with Crippen molar-refractivity contribution in [2.24, 2.45) is 5.92 Å². The number of aromatic hydroxyl groups is 1. The van der Waals surface area contributed by atoms with Crippen LogP contribution in [0.3, 0.4) is 0 Å². The molecule has 30 heavy (non-hydrogen) atoms. The molecular formula is C25H28O4S. The zero-order chi connectivity index (χ0) is 21.1. The zero-order valence-electron chi connectivity index (χ0n) is 17.5. The number of ether oxygens (including phenoxy) is 1. The highest BCUT2D eigenvalue weighted by Crippen LogP contribution is 2.41. The summed E-state index contributed by atoms with van der Waals surface area (Å²) in [7, 11) is 1.66. The lowest BCUT2D eigenvalue weighted by atomic mass is 9.90. The van der Waals surface area contributed by atoms with Gasteiger partial charge in [-0.1, -0.05) is 38.0 Å². The maximum Gasteiger partial charge on any atom is 0.343 e. The van der Waals surface area contributed by atoms with E-state index in [1.807, 2.05) is 36.6 Å². The fourth-order valence-electron chi connectivity index (χ4n) is 4.17. The minimum Gasteiger partial charge on any atom is -0.507 e. The van der Waals surface area contributed by atoms with Gasteiger partial charge in [0.05, 0.1) is 12.7 Å². The van der Waals surface area contributed by atoms with Crippen LogP contribution in [0.2, 0.25) is 0 Å². The van der Waals surface area contributed by atoms with Gasteiger partial charge in [0.2, 0.25) is 0 Å². The molecule has 2 unspecified atom stereocenters. The molecule has 4 rings (SSSR count). The van der Waals surface area contributed by atoms with Crippen LogP contribution in [-0.4, -0.2) is 12.2 Å². The zero-order valence-corrected chi connectivity index (χ0v) is 18.3. The molecule has 1 aliphatic rings. The highest BCUT2D eigenvalue weighted by molar-refractivity contribution is 7.10. The molecule has 0 saturated heterocycles. The molecule has 0 aliphatic heterocycles. The Hall–Kier alpha value is -2.53.